The van der Waals surface area contributed by atoms with Crippen LogP contribution < -0.4 is 24.8 Å². The molecule has 31 heavy (non-hydrogen) atoms. The molecular weight excluding hydrogens is 602 g/mol. The van der Waals surface area contributed by atoms with E-state index in [-0.39, 0.29) is 50.7 Å². The van der Waals surface area contributed by atoms with E-state index < -0.39 is 0 Å². The number of rotatable bonds is 1. The Morgan fingerprint density at radius 2 is 1.23 bits per heavy atom. The SMILES string of the molecule is CC1C(c2ccccc2)=[C-]c2ccccc21.C[Si]C.Cc1[cH-]c(C)c(C)c1C.[Cl-].[Cl-].[Hf+4]. The number of aryl methyl sites for hydroxylation is 2. The Morgan fingerprint density at radius 3 is 1.65 bits per heavy atom. The fourth-order valence-electron chi connectivity index (χ4n) is 3.47. The first-order valence-corrected chi connectivity index (χ1v) is 12.0. The van der Waals surface area contributed by atoms with E-state index in [1.807, 2.05) is 0 Å². The average Bonchev–Trinajstić information content (AvgIpc) is 3.15. The van der Waals surface area contributed by atoms with Gasteiger partial charge in [-0.05, 0) is 5.92 Å². The van der Waals surface area contributed by atoms with Gasteiger partial charge in [-0.25, -0.2) is 0 Å². The minimum absolute atomic E-state index is 0. The summed E-state index contributed by atoms with van der Waals surface area (Å²) in [7, 11) is 1.08. The minimum atomic E-state index is 0. The number of fused-ring (bicyclic) bond motifs is 1. The quantitative estimate of drug-likeness (QED) is 0.282. The molecule has 4 rings (SSSR count). The van der Waals surface area contributed by atoms with Crippen molar-refractivity contribution in [2.45, 2.75) is 53.6 Å². The van der Waals surface area contributed by atoms with Crippen LogP contribution in [0.4, 0.5) is 0 Å². The Kier molecular flexibility index (Phi) is 16.6. The second kappa shape index (κ2) is 15.9. The van der Waals surface area contributed by atoms with Crippen molar-refractivity contribution < 1.29 is 50.7 Å². The van der Waals surface area contributed by atoms with E-state index in [0.717, 1.165) is 9.52 Å². The Balaban J connectivity index is 0. The molecule has 1 atom stereocenters. The largest absolute Gasteiger partial charge is 4.00 e. The molecule has 1 aliphatic carbocycles. The molecule has 2 radical (unpaired) electrons. The van der Waals surface area contributed by atoms with E-state index in [9.17, 15) is 0 Å². The normalized spacial score (nSPS) is 12.9. The second-order valence-corrected chi connectivity index (χ2v) is 8.47. The molecule has 0 nitrogen and oxygen atoms in total. The number of allylic oxidation sites excluding steroid dienone is 1. The van der Waals surface area contributed by atoms with Crippen molar-refractivity contribution in [1.29, 1.82) is 0 Å². The van der Waals surface area contributed by atoms with Gasteiger partial charge in [-0.15, -0.1) is 41.0 Å². The summed E-state index contributed by atoms with van der Waals surface area (Å²) in [5, 5.41) is 0. The van der Waals surface area contributed by atoms with E-state index in [2.05, 4.69) is 114 Å². The van der Waals surface area contributed by atoms with Gasteiger partial charge in [-0.2, -0.15) is 28.3 Å². The summed E-state index contributed by atoms with van der Waals surface area (Å²) in [5.74, 6) is 0.457. The van der Waals surface area contributed by atoms with Crippen LogP contribution in [0.15, 0.2) is 60.7 Å². The van der Waals surface area contributed by atoms with Crippen molar-refractivity contribution in [3.05, 3.63) is 106 Å². The molecule has 0 spiro atoms. The predicted octanol–water partition coefficient (Wildman–Crippen LogP) is 1.47. The van der Waals surface area contributed by atoms with Gasteiger partial charge in [-0.1, -0.05) is 89.7 Å². The molecule has 0 bridgehead atoms. The van der Waals surface area contributed by atoms with Crippen molar-refractivity contribution in [3.63, 3.8) is 0 Å². The zero-order valence-electron chi connectivity index (χ0n) is 19.6. The number of halogens is 2. The number of hydrogen-bond donors (Lipinski definition) is 0. The van der Waals surface area contributed by atoms with Crippen LogP contribution in [-0.4, -0.2) is 9.52 Å². The van der Waals surface area contributed by atoms with Crippen LogP contribution in [0.25, 0.3) is 5.57 Å². The molecule has 0 N–H and O–H groups in total. The number of hydrogen-bond acceptors (Lipinski definition) is 0. The van der Waals surface area contributed by atoms with Crippen molar-refractivity contribution in [1.82, 2.24) is 0 Å². The molecule has 0 saturated heterocycles. The van der Waals surface area contributed by atoms with Gasteiger partial charge in [0.15, 0.2) is 0 Å². The first kappa shape index (κ1) is 32.4. The van der Waals surface area contributed by atoms with E-state index >= 15 is 0 Å². The predicted molar refractivity (Wildman–Crippen MR) is 126 cm³/mol. The molecule has 0 aromatic heterocycles. The molecule has 0 saturated carbocycles. The van der Waals surface area contributed by atoms with Gasteiger partial charge >= 0.3 is 25.8 Å². The minimum Gasteiger partial charge on any atom is -1.00 e. The van der Waals surface area contributed by atoms with Crippen LogP contribution in [0, 0.1) is 33.8 Å². The zero-order chi connectivity index (χ0) is 20.7. The fourth-order valence-corrected chi connectivity index (χ4v) is 3.47. The topological polar surface area (TPSA) is 0 Å². The molecule has 4 heteroatoms. The Labute approximate surface area is 223 Å². The fraction of sp³-hybridized carbons (Fsp3) is 0.296. The summed E-state index contributed by atoms with van der Waals surface area (Å²) in [5.41, 5.74) is 11.0. The molecule has 3 aromatic carbocycles. The molecule has 0 aliphatic heterocycles. The van der Waals surface area contributed by atoms with E-state index in [1.165, 1.54) is 44.5 Å². The maximum Gasteiger partial charge on any atom is 4.00 e. The van der Waals surface area contributed by atoms with Crippen molar-refractivity contribution >= 4 is 15.1 Å². The molecule has 1 aliphatic rings. The van der Waals surface area contributed by atoms with Crippen molar-refractivity contribution in [2.24, 2.45) is 0 Å². The van der Waals surface area contributed by atoms with Gasteiger partial charge in [-0.3, -0.25) is 0 Å². The van der Waals surface area contributed by atoms with Gasteiger partial charge in [0.25, 0.3) is 0 Å². The maximum atomic E-state index is 3.52. The summed E-state index contributed by atoms with van der Waals surface area (Å²) in [6, 6.07) is 21.3. The molecule has 3 aromatic rings. The van der Waals surface area contributed by atoms with Gasteiger partial charge in [0.2, 0.25) is 0 Å². The van der Waals surface area contributed by atoms with E-state index in [0.29, 0.717) is 5.92 Å². The molecular formula is C27H32Cl2HfSi. The van der Waals surface area contributed by atoms with Gasteiger partial charge < -0.3 is 24.8 Å². The van der Waals surface area contributed by atoms with Gasteiger partial charge in [0, 0.05) is 9.52 Å². The van der Waals surface area contributed by atoms with Gasteiger partial charge in [0.1, 0.15) is 0 Å². The molecule has 0 amide bonds. The molecule has 1 unspecified atom stereocenters. The molecule has 0 fully saturated rings. The third-order valence-corrected chi connectivity index (χ3v) is 5.39. The van der Waals surface area contributed by atoms with E-state index in [4.69, 9.17) is 0 Å². The van der Waals surface area contributed by atoms with Crippen LogP contribution in [0.1, 0.15) is 51.8 Å². The average molecular weight is 634 g/mol. The first-order chi connectivity index (χ1) is 13.4. The third-order valence-electron chi connectivity index (χ3n) is 5.39. The standard InChI is InChI=1S/C16H13.C9H13.C2H6Si.2ClH.Hf/c1-12-15-10-6-5-9-14(15)11-16(12)13-7-3-2-4-8-13;1-6-5-7(2)9(4)8(6)3;1-3-2;;;/h2-10,12H,1H3;5H,1-4H3;1-2H3;2*1H;/q2*-1;;;;+4/p-2. The summed E-state index contributed by atoms with van der Waals surface area (Å²) < 4.78 is 0. The molecule has 0 heterocycles. The summed E-state index contributed by atoms with van der Waals surface area (Å²) in [6.07, 6.45) is 3.52. The zero-order valence-corrected chi connectivity index (χ0v) is 25.7. The monoisotopic (exact) mass is 634 g/mol. The maximum absolute atomic E-state index is 3.52. The van der Waals surface area contributed by atoms with Crippen molar-refractivity contribution in [2.75, 3.05) is 0 Å². The Hall–Kier alpha value is -0.803. The summed E-state index contributed by atoms with van der Waals surface area (Å²) in [4.78, 5) is 0. The third kappa shape index (κ3) is 8.57. The Bertz CT molecular complexity index is 907. The Morgan fingerprint density at radius 1 is 0.774 bits per heavy atom. The van der Waals surface area contributed by atoms with Crippen LogP contribution in [-0.2, 0) is 25.8 Å². The van der Waals surface area contributed by atoms with Gasteiger partial charge in [0.05, 0.1) is 0 Å². The van der Waals surface area contributed by atoms with Crippen LogP contribution in [0.2, 0.25) is 13.1 Å². The first-order valence-electron chi connectivity index (χ1n) is 9.97. The summed E-state index contributed by atoms with van der Waals surface area (Å²) >= 11 is 0. The van der Waals surface area contributed by atoms with Crippen molar-refractivity contribution in [3.8, 4) is 0 Å². The van der Waals surface area contributed by atoms with Crippen LogP contribution >= 0.6 is 0 Å². The van der Waals surface area contributed by atoms with Crippen LogP contribution in [0.3, 0.4) is 0 Å². The molecule has 162 valence electrons. The second-order valence-electron chi connectivity index (χ2n) is 7.47. The smallest absolute Gasteiger partial charge is 1.00 e. The number of benzene rings is 2. The van der Waals surface area contributed by atoms with Crippen LogP contribution in [0.5, 0.6) is 0 Å². The van der Waals surface area contributed by atoms with E-state index in [1.54, 1.807) is 0 Å². The summed E-state index contributed by atoms with van der Waals surface area (Å²) in [6.45, 7) is 15.2.